The molecule has 0 aliphatic heterocycles. The molecule has 0 aliphatic carbocycles. The number of rotatable bonds is 14. The fourth-order valence-corrected chi connectivity index (χ4v) is 9.17. The van der Waals surface area contributed by atoms with E-state index in [4.69, 9.17) is 0 Å². The molecule has 0 atom stereocenters. The van der Waals surface area contributed by atoms with Crippen LogP contribution in [-0.2, 0) is 6.42 Å². The second kappa shape index (κ2) is 19.8. The summed E-state index contributed by atoms with van der Waals surface area (Å²) in [6, 6.07) is 79.8. The van der Waals surface area contributed by atoms with E-state index in [9.17, 15) is 19.2 Å². The van der Waals surface area contributed by atoms with E-state index >= 15 is 0 Å². The molecule has 4 heteroatoms. The van der Waals surface area contributed by atoms with Crippen molar-refractivity contribution in [3.8, 4) is 44.5 Å². The van der Waals surface area contributed by atoms with Crippen LogP contribution in [0.15, 0.2) is 255 Å². The highest BCUT2D eigenvalue weighted by Gasteiger charge is 2.24. The largest absolute Gasteiger partial charge is 0.289 e. The number of ketones is 4. The minimum absolute atomic E-state index is 0.199. The second-order valence-corrected chi connectivity index (χ2v) is 17.0. The van der Waals surface area contributed by atoms with Gasteiger partial charge in [0.15, 0.2) is 23.1 Å². The summed E-state index contributed by atoms with van der Waals surface area (Å²) in [5.41, 5.74) is 11.4. The van der Waals surface area contributed by atoms with Crippen molar-refractivity contribution in [1.82, 2.24) is 0 Å². The summed E-state index contributed by atoms with van der Waals surface area (Å²) in [6.45, 7) is 0. The van der Waals surface area contributed by atoms with E-state index in [1.54, 1.807) is 12.1 Å². The SMILES string of the molecule is O=C(c1cc(Cc2cc(C(=O)c3ccccc3-c3ccccc3)cc(C(=O)c3ccccc3-c3ccccc3)c2)cc(C(=O)c2ccccc2-c2ccccc2)c1)c1ccccc1-c1ccccc1. The molecule has 0 aliphatic rings. The smallest absolute Gasteiger partial charge is 0.193 e. The normalized spacial score (nSPS) is 10.9. The highest BCUT2D eigenvalue weighted by molar-refractivity contribution is 6.18. The standard InChI is InChI=1S/C65H44O4/c66-62(58-33-17-13-29-54(58)46-21-5-1-6-22-46)50-38-44(39-51(42-50)63(67)59-34-18-14-30-55(59)47-23-7-2-8-24-47)37-45-40-52(64(68)60-35-19-15-31-56(60)48-25-9-3-10-26-48)43-53(41-45)65(69)61-36-20-16-32-57(61)49-27-11-4-12-28-49/h1-36,38-43H,37H2. The molecule has 0 amide bonds. The van der Waals surface area contributed by atoms with Gasteiger partial charge in [-0.25, -0.2) is 0 Å². The molecule has 0 unspecified atom stereocenters. The number of hydrogen-bond donors (Lipinski definition) is 0. The van der Waals surface area contributed by atoms with Crippen molar-refractivity contribution in [1.29, 1.82) is 0 Å². The molecule has 4 nitrogen and oxygen atoms in total. The summed E-state index contributed by atoms with van der Waals surface area (Å²) < 4.78 is 0. The van der Waals surface area contributed by atoms with Gasteiger partial charge in [0.05, 0.1) is 0 Å². The van der Waals surface area contributed by atoms with Gasteiger partial charge < -0.3 is 0 Å². The Balaban J connectivity index is 1.13. The van der Waals surface area contributed by atoms with Crippen molar-refractivity contribution in [2.45, 2.75) is 6.42 Å². The first-order valence-corrected chi connectivity index (χ1v) is 22.9. The number of carbonyl (C=O) groups is 4. The molecular weight excluding hydrogens is 845 g/mol. The zero-order chi connectivity index (χ0) is 47.1. The van der Waals surface area contributed by atoms with Crippen LogP contribution in [-0.4, -0.2) is 23.1 Å². The van der Waals surface area contributed by atoms with Gasteiger partial charge in [0.2, 0.25) is 0 Å². The van der Waals surface area contributed by atoms with Gasteiger partial charge in [-0.3, -0.25) is 19.2 Å². The molecule has 0 saturated heterocycles. The Kier molecular flexibility index (Phi) is 12.5. The topological polar surface area (TPSA) is 68.3 Å². The quantitative estimate of drug-likeness (QED) is 0.102. The van der Waals surface area contributed by atoms with Gasteiger partial charge in [-0.1, -0.05) is 218 Å². The van der Waals surface area contributed by atoms with Crippen LogP contribution in [0.1, 0.15) is 74.8 Å². The molecule has 0 heterocycles. The van der Waals surface area contributed by atoms with E-state index in [0.717, 1.165) is 44.5 Å². The van der Waals surface area contributed by atoms with Crippen LogP contribution >= 0.6 is 0 Å². The van der Waals surface area contributed by atoms with Gasteiger partial charge in [-0.15, -0.1) is 0 Å². The van der Waals surface area contributed by atoms with Crippen LogP contribution < -0.4 is 0 Å². The van der Waals surface area contributed by atoms with Gasteiger partial charge in [-0.2, -0.15) is 0 Å². The zero-order valence-corrected chi connectivity index (χ0v) is 37.6. The summed E-state index contributed by atoms with van der Waals surface area (Å²) in [5, 5.41) is 0. The first kappa shape index (κ1) is 43.8. The fraction of sp³-hybridized carbons (Fsp3) is 0.0154. The van der Waals surface area contributed by atoms with Crippen LogP contribution in [0, 0.1) is 0 Å². The molecule has 0 bridgehead atoms. The Hall–Kier alpha value is -9.12. The highest BCUT2D eigenvalue weighted by Crippen LogP contribution is 2.33. The molecule has 10 rings (SSSR count). The molecule has 0 saturated carbocycles. The lowest BCUT2D eigenvalue weighted by molar-refractivity contribution is 0.102. The number of carbonyl (C=O) groups excluding carboxylic acids is 4. The third-order valence-electron chi connectivity index (χ3n) is 12.5. The Morgan fingerprint density at radius 2 is 0.435 bits per heavy atom. The monoisotopic (exact) mass is 888 g/mol. The van der Waals surface area contributed by atoms with E-state index in [1.165, 1.54) is 0 Å². The minimum Gasteiger partial charge on any atom is -0.289 e. The maximum Gasteiger partial charge on any atom is 0.193 e. The third-order valence-corrected chi connectivity index (χ3v) is 12.5. The van der Waals surface area contributed by atoms with Crippen molar-refractivity contribution in [2.24, 2.45) is 0 Å². The van der Waals surface area contributed by atoms with Crippen LogP contribution in [0.4, 0.5) is 0 Å². The lowest BCUT2D eigenvalue weighted by atomic mass is 9.87. The maximum atomic E-state index is 14.9. The molecule has 10 aromatic rings. The molecule has 0 spiro atoms. The van der Waals surface area contributed by atoms with Crippen molar-refractivity contribution >= 4 is 23.1 Å². The van der Waals surface area contributed by atoms with Crippen molar-refractivity contribution in [3.63, 3.8) is 0 Å². The lowest BCUT2D eigenvalue weighted by Crippen LogP contribution is -2.11. The summed E-state index contributed by atoms with van der Waals surface area (Å²) in [7, 11) is 0. The zero-order valence-electron chi connectivity index (χ0n) is 37.6. The van der Waals surface area contributed by atoms with Crippen molar-refractivity contribution in [2.75, 3.05) is 0 Å². The fourth-order valence-electron chi connectivity index (χ4n) is 9.17. The Morgan fingerprint density at radius 3 is 0.667 bits per heavy atom. The first-order chi connectivity index (χ1) is 33.9. The number of hydrogen-bond acceptors (Lipinski definition) is 4. The van der Waals surface area contributed by atoms with Crippen LogP contribution in [0.2, 0.25) is 0 Å². The lowest BCUT2D eigenvalue weighted by Gasteiger charge is -2.15. The molecular formula is C65H44O4. The molecule has 0 fully saturated rings. The molecule has 10 aromatic carbocycles. The van der Waals surface area contributed by atoms with Crippen LogP contribution in [0.25, 0.3) is 44.5 Å². The van der Waals surface area contributed by atoms with E-state index in [0.29, 0.717) is 55.6 Å². The average Bonchev–Trinajstić information content (AvgIpc) is 3.43. The highest BCUT2D eigenvalue weighted by atomic mass is 16.1. The molecule has 69 heavy (non-hydrogen) atoms. The predicted molar refractivity (Wildman–Crippen MR) is 277 cm³/mol. The van der Waals surface area contributed by atoms with Gasteiger partial charge in [0.1, 0.15) is 0 Å². The summed E-state index contributed by atoms with van der Waals surface area (Å²) in [6.07, 6.45) is 0.199. The third kappa shape index (κ3) is 9.33. The molecule has 328 valence electrons. The van der Waals surface area contributed by atoms with Crippen LogP contribution in [0.5, 0.6) is 0 Å². The molecule has 0 N–H and O–H groups in total. The second-order valence-electron chi connectivity index (χ2n) is 17.0. The predicted octanol–water partition coefficient (Wildman–Crippen LogP) is 14.9. The maximum absolute atomic E-state index is 14.9. The van der Waals surface area contributed by atoms with Gasteiger partial charge in [0, 0.05) is 44.5 Å². The average molecular weight is 889 g/mol. The summed E-state index contributed by atoms with van der Waals surface area (Å²) in [4.78, 5) is 59.8. The van der Waals surface area contributed by atoms with Gasteiger partial charge >= 0.3 is 0 Å². The van der Waals surface area contributed by atoms with Crippen molar-refractivity contribution in [3.05, 3.63) is 310 Å². The van der Waals surface area contributed by atoms with E-state index < -0.39 is 0 Å². The minimum atomic E-state index is -0.239. The van der Waals surface area contributed by atoms with E-state index in [-0.39, 0.29) is 29.6 Å². The molecule has 0 radical (unpaired) electrons. The summed E-state index contributed by atoms with van der Waals surface area (Å²) in [5.74, 6) is -0.957. The van der Waals surface area contributed by atoms with E-state index in [2.05, 4.69) is 0 Å². The molecule has 0 aromatic heterocycles. The van der Waals surface area contributed by atoms with Gasteiger partial charge in [-0.05, 0) is 98.5 Å². The van der Waals surface area contributed by atoms with Gasteiger partial charge in [0.25, 0.3) is 0 Å². The Labute approximate surface area is 401 Å². The first-order valence-electron chi connectivity index (χ1n) is 22.9. The van der Waals surface area contributed by atoms with Crippen LogP contribution in [0.3, 0.4) is 0 Å². The summed E-state index contributed by atoms with van der Waals surface area (Å²) >= 11 is 0. The van der Waals surface area contributed by atoms with E-state index in [1.807, 2.05) is 243 Å². The van der Waals surface area contributed by atoms with Crippen molar-refractivity contribution < 1.29 is 19.2 Å². The Morgan fingerprint density at radius 1 is 0.232 bits per heavy atom. The number of benzene rings is 10. The Bertz CT molecular complexity index is 3060.